The summed E-state index contributed by atoms with van der Waals surface area (Å²) in [6.07, 6.45) is -2.02. The molecule has 0 spiro atoms. The second-order valence-electron chi connectivity index (χ2n) is 4.54. The minimum Gasteiger partial charge on any atom is -0.386 e. The molecule has 1 saturated carbocycles. The van der Waals surface area contributed by atoms with Gasteiger partial charge < -0.3 is 10.4 Å². The molecule has 0 radical (unpaired) electrons. The monoisotopic (exact) mass is 241 g/mol. The van der Waals surface area contributed by atoms with Crippen LogP contribution in [0.2, 0.25) is 0 Å². The summed E-state index contributed by atoms with van der Waals surface area (Å²) in [4.78, 5) is 0. The third-order valence-electron chi connectivity index (χ3n) is 3.09. The van der Waals surface area contributed by atoms with Crippen LogP contribution in [-0.2, 0) is 0 Å². The summed E-state index contributed by atoms with van der Waals surface area (Å²) in [7, 11) is 0. The standard InChI is InChI=1S/C13H17F2NO/c14-13(15)11(17)8-16-12(10-6-7-10)9-4-2-1-3-5-9/h1-5,10-13,16-17H,6-8H2. The second-order valence-corrected chi connectivity index (χ2v) is 4.54. The van der Waals surface area contributed by atoms with Crippen LogP contribution in [0.4, 0.5) is 8.78 Å². The van der Waals surface area contributed by atoms with Gasteiger partial charge in [-0.3, -0.25) is 0 Å². The van der Waals surface area contributed by atoms with E-state index >= 15 is 0 Å². The molecule has 0 aromatic heterocycles. The lowest BCUT2D eigenvalue weighted by molar-refractivity contribution is -0.00500. The Morgan fingerprint density at radius 2 is 1.88 bits per heavy atom. The molecular formula is C13H17F2NO. The van der Waals surface area contributed by atoms with Crippen LogP contribution >= 0.6 is 0 Å². The quantitative estimate of drug-likeness (QED) is 0.801. The van der Waals surface area contributed by atoms with Gasteiger partial charge in [0.1, 0.15) is 6.10 Å². The molecule has 2 unspecified atom stereocenters. The molecule has 4 heteroatoms. The maximum atomic E-state index is 12.2. The fourth-order valence-corrected chi connectivity index (χ4v) is 1.98. The lowest BCUT2D eigenvalue weighted by Gasteiger charge is -2.20. The van der Waals surface area contributed by atoms with E-state index in [0.29, 0.717) is 5.92 Å². The molecule has 2 nitrogen and oxygen atoms in total. The molecule has 0 heterocycles. The zero-order valence-electron chi connectivity index (χ0n) is 9.52. The van der Waals surface area contributed by atoms with Crippen LogP contribution in [-0.4, -0.2) is 24.2 Å². The zero-order valence-corrected chi connectivity index (χ0v) is 9.52. The summed E-state index contributed by atoms with van der Waals surface area (Å²) >= 11 is 0. The van der Waals surface area contributed by atoms with E-state index in [1.54, 1.807) is 0 Å². The molecule has 1 aromatic carbocycles. The first kappa shape index (κ1) is 12.5. The van der Waals surface area contributed by atoms with E-state index in [0.717, 1.165) is 18.4 Å². The van der Waals surface area contributed by atoms with Crippen LogP contribution in [0, 0.1) is 5.92 Å². The highest BCUT2D eigenvalue weighted by Gasteiger charge is 2.32. The third-order valence-corrected chi connectivity index (χ3v) is 3.09. The fraction of sp³-hybridized carbons (Fsp3) is 0.538. The molecule has 17 heavy (non-hydrogen) atoms. The molecule has 1 fully saturated rings. The van der Waals surface area contributed by atoms with E-state index in [1.165, 1.54) is 0 Å². The molecule has 0 saturated heterocycles. The van der Waals surface area contributed by atoms with Gasteiger partial charge >= 0.3 is 0 Å². The maximum absolute atomic E-state index is 12.2. The van der Waals surface area contributed by atoms with Crippen LogP contribution < -0.4 is 5.32 Å². The molecule has 0 bridgehead atoms. The predicted molar refractivity (Wildman–Crippen MR) is 61.9 cm³/mol. The molecule has 94 valence electrons. The summed E-state index contributed by atoms with van der Waals surface area (Å²) in [5.74, 6) is 0.516. The molecule has 1 aliphatic carbocycles. The van der Waals surface area contributed by atoms with Crippen molar-refractivity contribution >= 4 is 0 Å². The number of aliphatic hydroxyl groups excluding tert-OH is 1. The van der Waals surface area contributed by atoms with Crippen molar-refractivity contribution in [3.8, 4) is 0 Å². The first-order valence-corrected chi connectivity index (χ1v) is 5.93. The van der Waals surface area contributed by atoms with Crippen molar-refractivity contribution in [1.82, 2.24) is 5.32 Å². The average molecular weight is 241 g/mol. The minimum atomic E-state index is -2.68. The highest BCUT2D eigenvalue weighted by atomic mass is 19.3. The van der Waals surface area contributed by atoms with Crippen LogP contribution in [0.5, 0.6) is 0 Å². The Kier molecular flexibility index (Phi) is 4.07. The smallest absolute Gasteiger partial charge is 0.265 e. The SMILES string of the molecule is OC(CNC(c1ccccc1)C1CC1)C(F)F. The van der Waals surface area contributed by atoms with E-state index < -0.39 is 12.5 Å². The lowest BCUT2D eigenvalue weighted by Crippen LogP contribution is -2.35. The topological polar surface area (TPSA) is 32.3 Å². The Labute approximate surface area is 99.7 Å². The van der Waals surface area contributed by atoms with Gasteiger partial charge in [0.05, 0.1) is 0 Å². The number of halogens is 2. The summed E-state index contributed by atoms with van der Waals surface area (Å²) in [5.41, 5.74) is 1.11. The Hall–Kier alpha value is -1.00. The van der Waals surface area contributed by atoms with E-state index in [-0.39, 0.29) is 12.6 Å². The van der Waals surface area contributed by atoms with Crippen molar-refractivity contribution in [2.24, 2.45) is 5.92 Å². The van der Waals surface area contributed by atoms with Gasteiger partial charge in [-0.15, -0.1) is 0 Å². The molecule has 2 rings (SSSR count). The van der Waals surface area contributed by atoms with Gasteiger partial charge in [0.25, 0.3) is 6.43 Å². The molecule has 2 N–H and O–H groups in total. The number of aliphatic hydroxyl groups is 1. The normalized spacial score (nSPS) is 19.3. The van der Waals surface area contributed by atoms with Gasteiger partial charge in [0, 0.05) is 12.6 Å². The summed E-state index contributed by atoms with van der Waals surface area (Å²) < 4.78 is 24.4. The van der Waals surface area contributed by atoms with Crippen molar-refractivity contribution in [1.29, 1.82) is 0 Å². The van der Waals surface area contributed by atoms with Crippen molar-refractivity contribution < 1.29 is 13.9 Å². The second kappa shape index (κ2) is 5.56. The van der Waals surface area contributed by atoms with E-state index in [2.05, 4.69) is 5.32 Å². The highest BCUT2D eigenvalue weighted by molar-refractivity contribution is 5.21. The first-order valence-electron chi connectivity index (χ1n) is 5.93. The molecule has 2 atom stereocenters. The number of hydrogen-bond acceptors (Lipinski definition) is 2. The molecule has 1 aromatic rings. The molecule has 0 amide bonds. The Morgan fingerprint density at radius 1 is 1.24 bits per heavy atom. The molecule has 1 aliphatic rings. The summed E-state index contributed by atoms with van der Waals surface area (Å²) in [6.45, 7) is -0.0618. The van der Waals surface area contributed by atoms with Crippen LogP contribution in [0.15, 0.2) is 30.3 Å². The van der Waals surface area contributed by atoms with E-state index in [1.807, 2.05) is 30.3 Å². The minimum absolute atomic E-state index is 0.0618. The Balaban J connectivity index is 1.94. The maximum Gasteiger partial charge on any atom is 0.265 e. The predicted octanol–water partition coefficient (Wildman–Crippen LogP) is 2.35. The number of hydrogen-bond donors (Lipinski definition) is 2. The molecular weight excluding hydrogens is 224 g/mol. The number of benzene rings is 1. The summed E-state index contributed by atoms with van der Waals surface area (Å²) in [6, 6.07) is 9.88. The molecule has 0 aliphatic heterocycles. The van der Waals surface area contributed by atoms with Gasteiger partial charge in [0.2, 0.25) is 0 Å². The van der Waals surface area contributed by atoms with Crippen molar-refractivity contribution in [2.75, 3.05) is 6.54 Å². The Morgan fingerprint density at radius 3 is 2.41 bits per heavy atom. The highest BCUT2D eigenvalue weighted by Crippen LogP contribution is 2.40. The van der Waals surface area contributed by atoms with Gasteiger partial charge in [-0.2, -0.15) is 0 Å². The van der Waals surface area contributed by atoms with Crippen molar-refractivity contribution in [2.45, 2.75) is 31.4 Å². The number of alkyl halides is 2. The Bertz CT molecular complexity index is 341. The number of nitrogens with one attached hydrogen (secondary N) is 1. The largest absolute Gasteiger partial charge is 0.386 e. The fourth-order valence-electron chi connectivity index (χ4n) is 1.98. The first-order chi connectivity index (χ1) is 8.18. The van der Waals surface area contributed by atoms with Crippen LogP contribution in [0.3, 0.4) is 0 Å². The van der Waals surface area contributed by atoms with E-state index in [4.69, 9.17) is 5.11 Å². The van der Waals surface area contributed by atoms with Crippen molar-refractivity contribution in [3.63, 3.8) is 0 Å². The van der Waals surface area contributed by atoms with Crippen molar-refractivity contribution in [3.05, 3.63) is 35.9 Å². The van der Waals surface area contributed by atoms with Gasteiger partial charge in [-0.25, -0.2) is 8.78 Å². The lowest BCUT2D eigenvalue weighted by atomic mass is 10.0. The average Bonchev–Trinajstić information content (AvgIpc) is 3.15. The van der Waals surface area contributed by atoms with Gasteiger partial charge in [0.15, 0.2) is 0 Å². The number of rotatable bonds is 6. The van der Waals surface area contributed by atoms with Gasteiger partial charge in [-0.05, 0) is 24.3 Å². The third kappa shape index (κ3) is 3.48. The van der Waals surface area contributed by atoms with Gasteiger partial charge in [-0.1, -0.05) is 30.3 Å². The van der Waals surface area contributed by atoms with Crippen LogP contribution in [0.1, 0.15) is 24.4 Å². The summed E-state index contributed by atoms with van der Waals surface area (Å²) in [5, 5.41) is 12.2. The van der Waals surface area contributed by atoms with Crippen LogP contribution in [0.25, 0.3) is 0 Å². The zero-order chi connectivity index (χ0) is 12.3. The van der Waals surface area contributed by atoms with E-state index in [9.17, 15) is 8.78 Å².